The second-order valence-corrected chi connectivity index (χ2v) is 4.36. The Bertz CT molecular complexity index is 597. The van der Waals surface area contributed by atoms with Crippen LogP contribution in [-0.4, -0.2) is 14.9 Å². The van der Waals surface area contributed by atoms with E-state index in [1.165, 1.54) is 6.07 Å². The lowest BCUT2D eigenvalue weighted by atomic mass is 10.3. The molecule has 1 aromatic heterocycles. The summed E-state index contributed by atoms with van der Waals surface area (Å²) in [5.41, 5.74) is 1.08. The highest BCUT2D eigenvalue weighted by molar-refractivity contribution is 7.80. The van der Waals surface area contributed by atoms with Crippen molar-refractivity contribution in [3.8, 4) is 0 Å². The lowest BCUT2D eigenvalue weighted by Gasteiger charge is -2.10. The van der Waals surface area contributed by atoms with Gasteiger partial charge in [0, 0.05) is 31.4 Å². The summed E-state index contributed by atoms with van der Waals surface area (Å²) in [4.78, 5) is 0. The maximum atomic E-state index is 13.4. The fourth-order valence-corrected chi connectivity index (χ4v) is 1.68. The zero-order chi connectivity index (χ0) is 13.8. The fraction of sp³-hybridized carbons (Fsp3) is 0.167. The predicted octanol–water partition coefficient (Wildman–Crippen LogP) is 2.18. The first kappa shape index (κ1) is 13.4. The molecule has 0 amide bonds. The molecule has 2 aromatic rings. The number of benzene rings is 1. The SMILES string of the molecule is Cn1cc(CNC(=S)Nc2ccc(F)cc2F)cn1. The van der Waals surface area contributed by atoms with E-state index in [1.54, 1.807) is 10.9 Å². The van der Waals surface area contributed by atoms with Crippen molar-refractivity contribution in [2.75, 3.05) is 5.32 Å². The number of rotatable bonds is 3. The van der Waals surface area contributed by atoms with Crippen LogP contribution in [0.4, 0.5) is 14.5 Å². The Morgan fingerprint density at radius 1 is 1.42 bits per heavy atom. The summed E-state index contributed by atoms with van der Waals surface area (Å²) in [5, 5.41) is 9.85. The quantitative estimate of drug-likeness (QED) is 0.847. The van der Waals surface area contributed by atoms with Gasteiger partial charge >= 0.3 is 0 Å². The molecule has 0 aliphatic rings. The molecule has 0 saturated carbocycles. The van der Waals surface area contributed by atoms with Gasteiger partial charge in [-0.2, -0.15) is 5.10 Å². The van der Waals surface area contributed by atoms with E-state index in [1.807, 2.05) is 13.2 Å². The monoisotopic (exact) mass is 282 g/mol. The number of halogens is 2. The molecular formula is C12H12F2N4S. The van der Waals surface area contributed by atoms with E-state index in [2.05, 4.69) is 15.7 Å². The Kier molecular flexibility index (Phi) is 4.06. The van der Waals surface area contributed by atoms with E-state index in [0.717, 1.165) is 17.7 Å². The normalized spacial score (nSPS) is 10.3. The van der Waals surface area contributed by atoms with Crippen LogP contribution in [0.2, 0.25) is 0 Å². The van der Waals surface area contributed by atoms with Crippen LogP contribution < -0.4 is 10.6 Å². The molecule has 0 unspecified atom stereocenters. The van der Waals surface area contributed by atoms with Crippen LogP contribution >= 0.6 is 12.2 Å². The minimum absolute atomic E-state index is 0.130. The van der Waals surface area contributed by atoms with Crippen LogP contribution in [-0.2, 0) is 13.6 Å². The molecule has 100 valence electrons. The lowest BCUT2D eigenvalue weighted by molar-refractivity contribution is 0.586. The summed E-state index contributed by atoms with van der Waals surface area (Å²) >= 11 is 5.02. The van der Waals surface area contributed by atoms with Crippen molar-refractivity contribution >= 4 is 23.0 Å². The van der Waals surface area contributed by atoms with Crippen molar-refractivity contribution < 1.29 is 8.78 Å². The molecule has 1 aromatic carbocycles. The maximum absolute atomic E-state index is 13.4. The molecule has 0 saturated heterocycles. The van der Waals surface area contributed by atoms with Crippen LogP contribution in [0.15, 0.2) is 30.6 Å². The molecule has 7 heteroatoms. The van der Waals surface area contributed by atoms with Crippen LogP contribution in [0.1, 0.15) is 5.56 Å². The fourth-order valence-electron chi connectivity index (χ4n) is 1.50. The van der Waals surface area contributed by atoms with E-state index in [-0.39, 0.29) is 10.8 Å². The van der Waals surface area contributed by atoms with Crippen LogP contribution in [0.3, 0.4) is 0 Å². The van der Waals surface area contributed by atoms with E-state index in [9.17, 15) is 8.78 Å². The number of thiocarbonyl (C=S) groups is 1. The maximum Gasteiger partial charge on any atom is 0.171 e. The highest BCUT2D eigenvalue weighted by Crippen LogP contribution is 2.14. The van der Waals surface area contributed by atoms with E-state index in [0.29, 0.717) is 6.54 Å². The zero-order valence-corrected chi connectivity index (χ0v) is 11.0. The number of aromatic nitrogens is 2. The Labute approximate surface area is 114 Å². The van der Waals surface area contributed by atoms with Crippen molar-refractivity contribution in [3.05, 3.63) is 47.8 Å². The molecule has 0 spiro atoms. The van der Waals surface area contributed by atoms with Crippen molar-refractivity contribution in [1.82, 2.24) is 15.1 Å². The Morgan fingerprint density at radius 3 is 2.84 bits per heavy atom. The van der Waals surface area contributed by atoms with Crippen molar-refractivity contribution in [1.29, 1.82) is 0 Å². The van der Waals surface area contributed by atoms with Gasteiger partial charge in [0.15, 0.2) is 5.11 Å². The molecule has 19 heavy (non-hydrogen) atoms. The van der Waals surface area contributed by atoms with Crippen molar-refractivity contribution in [3.63, 3.8) is 0 Å². The summed E-state index contributed by atoms with van der Waals surface area (Å²) in [5.74, 6) is -1.32. The molecular weight excluding hydrogens is 270 g/mol. The van der Waals surface area contributed by atoms with Gasteiger partial charge in [0.1, 0.15) is 11.6 Å². The molecule has 2 rings (SSSR count). The lowest BCUT2D eigenvalue weighted by Crippen LogP contribution is -2.28. The molecule has 0 aliphatic heterocycles. The van der Waals surface area contributed by atoms with Crippen LogP contribution in [0, 0.1) is 11.6 Å². The first-order valence-electron chi connectivity index (χ1n) is 5.52. The Balaban J connectivity index is 1.90. The van der Waals surface area contributed by atoms with Crippen molar-refractivity contribution in [2.45, 2.75) is 6.54 Å². The van der Waals surface area contributed by atoms with Crippen LogP contribution in [0.5, 0.6) is 0 Å². The molecule has 2 N–H and O–H groups in total. The number of hydrogen-bond donors (Lipinski definition) is 2. The molecule has 0 aliphatic carbocycles. The standard InChI is InChI=1S/C12H12F2N4S/c1-18-7-8(6-16-18)5-15-12(19)17-11-3-2-9(13)4-10(11)14/h2-4,6-7H,5H2,1H3,(H2,15,17,19). The van der Waals surface area contributed by atoms with Gasteiger partial charge in [0.05, 0.1) is 11.9 Å². The third kappa shape index (κ3) is 3.72. The van der Waals surface area contributed by atoms with Gasteiger partial charge in [-0.3, -0.25) is 4.68 Å². The Morgan fingerprint density at radius 2 is 2.21 bits per heavy atom. The van der Waals surface area contributed by atoms with Crippen molar-refractivity contribution in [2.24, 2.45) is 7.05 Å². The molecule has 0 bridgehead atoms. The molecule has 0 atom stereocenters. The second-order valence-electron chi connectivity index (χ2n) is 3.95. The van der Waals surface area contributed by atoms with E-state index >= 15 is 0 Å². The number of anilines is 1. The first-order valence-corrected chi connectivity index (χ1v) is 5.93. The summed E-state index contributed by atoms with van der Waals surface area (Å²) < 4.78 is 27.8. The first-order chi connectivity index (χ1) is 9.04. The number of aryl methyl sites for hydroxylation is 1. The topological polar surface area (TPSA) is 41.9 Å². The average Bonchev–Trinajstić information content (AvgIpc) is 2.76. The van der Waals surface area contributed by atoms with E-state index < -0.39 is 11.6 Å². The Hall–Kier alpha value is -2.02. The molecule has 0 radical (unpaired) electrons. The third-order valence-electron chi connectivity index (χ3n) is 2.39. The smallest absolute Gasteiger partial charge is 0.171 e. The zero-order valence-electron chi connectivity index (χ0n) is 10.2. The summed E-state index contributed by atoms with van der Waals surface area (Å²) in [6.07, 6.45) is 3.54. The van der Waals surface area contributed by atoms with Gasteiger partial charge in [-0.25, -0.2) is 8.78 Å². The molecule has 4 nitrogen and oxygen atoms in total. The minimum atomic E-state index is -0.689. The highest BCUT2D eigenvalue weighted by Gasteiger charge is 2.05. The molecule has 0 fully saturated rings. The third-order valence-corrected chi connectivity index (χ3v) is 2.64. The highest BCUT2D eigenvalue weighted by atomic mass is 32.1. The summed E-state index contributed by atoms with van der Waals surface area (Å²) in [7, 11) is 1.81. The van der Waals surface area contributed by atoms with E-state index in [4.69, 9.17) is 12.2 Å². The second kappa shape index (κ2) is 5.75. The number of nitrogens with zero attached hydrogens (tertiary/aromatic N) is 2. The van der Waals surface area contributed by atoms with Gasteiger partial charge in [-0.05, 0) is 24.4 Å². The van der Waals surface area contributed by atoms with Gasteiger partial charge < -0.3 is 10.6 Å². The largest absolute Gasteiger partial charge is 0.358 e. The molecule has 1 heterocycles. The number of nitrogens with one attached hydrogen (secondary N) is 2. The van der Waals surface area contributed by atoms with Gasteiger partial charge in [0.2, 0.25) is 0 Å². The van der Waals surface area contributed by atoms with Gasteiger partial charge in [-0.1, -0.05) is 0 Å². The van der Waals surface area contributed by atoms with Gasteiger partial charge in [0.25, 0.3) is 0 Å². The average molecular weight is 282 g/mol. The summed E-state index contributed by atoms with van der Waals surface area (Å²) in [6.45, 7) is 0.475. The number of hydrogen-bond acceptors (Lipinski definition) is 2. The van der Waals surface area contributed by atoms with Crippen LogP contribution in [0.25, 0.3) is 0 Å². The predicted molar refractivity (Wildman–Crippen MR) is 72.6 cm³/mol. The van der Waals surface area contributed by atoms with Gasteiger partial charge in [-0.15, -0.1) is 0 Å². The summed E-state index contributed by atoms with van der Waals surface area (Å²) in [6, 6.07) is 3.25. The minimum Gasteiger partial charge on any atom is -0.358 e.